The third-order valence-electron chi connectivity index (χ3n) is 5.19. The van der Waals surface area contributed by atoms with E-state index in [1.807, 2.05) is 23.6 Å². The Kier molecular flexibility index (Phi) is 5.41. The van der Waals surface area contributed by atoms with Crippen molar-refractivity contribution in [3.63, 3.8) is 0 Å². The standard InChI is InChI=1S/C20H28N4O/c1-15-12-16(2)19(17(3)13-15)4-7-22-20(25)23-9-5-18(6-10-23)24-11-8-21-14-24/h8,11-14,18H,4-7,9-10H2,1-3H3,(H,22,25). The Labute approximate surface area is 150 Å². The second kappa shape index (κ2) is 7.72. The Balaban J connectivity index is 1.46. The molecule has 1 fully saturated rings. The Hall–Kier alpha value is -2.30. The molecule has 134 valence electrons. The van der Waals surface area contributed by atoms with Crippen LogP contribution in [0.4, 0.5) is 4.79 Å². The fraction of sp³-hybridized carbons (Fsp3) is 0.500. The SMILES string of the molecule is Cc1cc(C)c(CCNC(=O)N2CCC(n3ccnc3)CC2)c(C)c1. The summed E-state index contributed by atoms with van der Waals surface area (Å²) in [5.41, 5.74) is 5.27. The van der Waals surface area contributed by atoms with Gasteiger partial charge in [0.25, 0.3) is 0 Å². The summed E-state index contributed by atoms with van der Waals surface area (Å²) in [4.78, 5) is 18.4. The molecule has 5 heteroatoms. The molecular weight excluding hydrogens is 312 g/mol. The van der Waals surface area contributed by atoms with Crippen molar-refractivity contribution in [3.8, 4) is 0 Å². The van der Waals surface area contributed by atoms with Crippen LogP contribution in [0.15, 0.2) is 30.9 Å². The Morgan fingerprint density at radius 1 is 1.20 bits per heavy atom. The zero-order chi connectivity index (χ0) is 17.8. The lowest BCUT2D eigenvalue weighted by atomic mass is 9.97. The van der Waals surface area contributed by atoms with E-state index in [4.69, 9.17) is 0 Å². The fourth-order valence-electron chi connectivity index (χ4n) is 3.86. The lowest BCUT2D eigenvalue weighted by Gasteiger charge is -2.32. The van der Waals surface area contributed by atoms with E-state index < -0.39 is 0 Å². The molecule has 1 aromatic carbocycles. The normalized spacial score (nSPS) is 15.4. The van der Waals surface area contributed by atoms with Crippen LogP contribution in [0.25, 0.3) is 0 Å². The highest BCUT2D eigenvalue weighted by Crippen LogP contribution is 2.22. The van der Waals surface area contributed by atoms with E-state index in [0.29, 0.717) is 12.6 Å². The van der Waals surface area contributed by atoms with E-state index in [1.54, 1.807) is 0 Å². The maximum Gasteiger partial charge on any atom is 0.317 e. The zero-order valence-corrected chi connectivity index (χ0v) is 15.5. The van der Waals surface area contributed by atoms with Crippen molar-refractivity contribution < 1.29 is 4.79 Å². The van der Waals surface area contributed by atoms with Gasteiger partial charge in [-0.05, 0) is 56.7 Å². The van der Waals surface area contributed by atoms with Crippen molar-refractivity contribution in [1.29, 1.82) is 0 Å². The number of nitrogens with one attached hydrogen (secondary N) is 1. The van der Waals surface area contributed by atoms with Gasteiger partial charge in [-0.1, -0.05) is 17.7 Å². The Morgan fingerprint density at radius 3 is 2.48 bits per heavy atom. The predicted molar refractivity (Wildman–Crippen MR) is 99.8 cm³/mol. The minimum atomic E-state index is 0.0616. The summed E-state index contributed by atoms with van der Waals surface area (Å²) in [5.74, 6) is 0. The van der Waals surface area contributed by atoms with Gasteiger partial charge in [0, 0.05) is 38.1 Å². The molecule has 1 N–H and O–H groups in total. The van der Waals surface area contributed by atoms with Crippen molar-refractivity contribution >= 4 is 6.03 Å². The summed E-state index contributed by atoms with van der Waals surface area (Å²) in [6.45, 7) is 8.72. The number of amides is 2. The van der Waals surface area contributed by atoms with Crippen molar-refractivity contribution in [3.05, 3.63) is 53.1 Å². The van der Waals surface area contributed by atoms with E-state index in [-0.39, 0.29) is 6.03 Å². The number of urea groups is 1. The van der Waals surface area contributed by atoms with Gasteiger partial charge in [-0.15, -0.1) is 0 Å². The van der Waals surface area contributed by atoms with E-state index in [0.717, 1.165) is 32.4 Å². The highest BCUT2D eigenvalue weighted by molar-refractivity contribution is 5.74. The molecule has 3 rings (SSSR count). The van der Waals surface area contributed by atoms with Gasteiger partial charge in [0.05, 0.1) is 6.33 Å². The summed E-state index contributed by atoms with van der Waals surface area (Å²) >= 11 is 0. The van der Waals surface area contributed by atoms with Crippen LogP contribution < -0.4 is 5.32 Å². The second-order valence-corrected chi connectivity index (χ2v) is 7.09. The van der Waals surface area contributed by atoms with Crippen LogP contribution in [0.5, 0.6) is 0 Å². The topological polar surface area (TPSA) is 50.2 Å². The highest BCUT2D eigenvalue weighted by atomic mass is 16.2. The molecule has 0 bridgehead atoms. The van der Waals surface area contributed by atoms with Gasteiger partial charge in [-0.3, -0.25) is 0 Å². The maximum atomic E-state index is 12.4. The number of aromatic nitrogens is 2. The molecule has 0 spiro atoms. The smallest absolute Gasteiger partial charge is 0.317 e. The van der Waals surface area contributed by atoms with E-state index in [9.17, 15) is 4.79 Å². The zero-order valence-electron chi connectivity index (χ0n) is 15.5. The molecule has 0 atom stereocenters. The molecule has 0 aliphatic carbocycles. The average molecular weight is 340 g/mol. The number of piperidine rings is 1. The van der Waals surface area contributed by atoms with Crippen LogP contribution in [0.3, 0.4) is 0 Å². The van der Waals surface area contributed by atoms with Gasteiger partial charge in [0.2, 0.25) is 0 Å². The van der Waals surface area contributed by atoms with Crippen LogP contribution in [-0.2, 0) is 6.42 Å². The molecule has 1 aromatic heterocycles. The number of nitrogens with zero attached hydrogens (tertiary/aromatic N) is 3. The predicted octanol–water partition coefficient (Wildman–Crippen LogP) is 3.40. The average Bonchev–Trinajstić information content (AvgIpc) is 3.11. The molecule has 0 unspecified atom stereocenters. The van der Waals surface area contributed by atoms with Crippen LogP contribution in [-0.4, -0.2) is 40.1 Å². The Bertz CT molecular complexity index is 692. The third kappa shape index (κ3) is 4.21. The lowest BCUT2D eigenvalue weighted by Crippen LogP contribution is -2.45. The minimum absolute atomic E-state index is 0.0616. The molecule has 2 amide bonds. The lowest BCUT2D eigenvalue weighted by molar-refractivity contribution is 0.172. The van der Waals surface area contributed by atoms with Crippen molar-refractivity contribution in [2.45, 2.75) is 46.1 Å². The van der Waals surface area contributed by atoms with Crippen LogP contribution >= 0.6 is 0 Å². The molecule has 2 aromatic rings. The molecule has 25 heavy (non-hydrogen) atoms. The maximum absolute atomic E-state index is 12.4. The number of rotatable bonds is 4. The van der Waals surface area contributed by atoms with Crippen molar-refractivity contribution in [2.24, 2.45) is 0 Å². The first kappa shape index (κ1) is 17.5. The van der Waals surface area contributed by atoms with Gasteiger partial charge in [-0.25, -0.2) is 9.78 Å². The number of hydrogen-bond acceptors (Lipinski definition) is 2. The van der Waals surface area contributed by atoms with Crippen LogP contribution in [0.1, 0.15) is 41.1 Å². The summed E-state index contributed by atoms with van der Waals surface area (Å²) in [6, 6.07) is 4.95. The van der Waals surface area contributed by atoms with Crippen molar-refractivity contribution in [2.75, 3.05) is 19.6 Å². The largest absolute Gasteiger partial charge is 0.338 e. The summed E-state index contributed by atoms with van der Waals surface area (Å²) in [6.07, 6.45) is 8.54. The molecule has 1 saturated heterocycles. The van der Waals surface area contributed by atoms with Gasteiger partial charge in [-0.2, -0.15) is 0 Å². The second-order valence-electron chi connectivity index (χ2n) is 7.09. The van der Waals surface area contributed by atoms with Gasteiger partial charge in [0.15, 0.2) is 0 Å². The number of carbonyl (C=O) groups is 1. The summed E-state index contributed by atoms with van der Waals surface area (Å²) < 4.78 is 2.15. The first-order valence-corrected chi connectivity index (χ1v) is 9.11. The number of likely N-dealkylation sites (tertiary alicyclic amines) is 1. The van der Waals surface area contributed by atoms with Gasteiger partial charge >= 0.3 is 6.03 Å². The molecular formula is C20H28N4O. The molecule has 0 radical (unpaired) electrons. The van der Waals surface area contributed by atoms with E-state index in [1.165, 1.54) is 22.3 Å². The molecule has 5 nitrogen and oxygen atoms in total. The highest BCUT2D eigenvalue weighted by Gasteiger charge is 2.23. The number of imidazole rings is 1. The van der Waals surface area contributed by atoms with Gasteiger partial charge in [0.1, 0.15) is 0 Å². The third-order valence-corrected chi connectivity index (χ3v) is 5.19. The fourth-order valence-corrected chi connectivity index (χ4v) is 3.86. The molecule has 1 aliphatic heterocycles. The van der Waals surface area contributed by atoms with Crippen molar-refractivity contribution in [1.82, 2.24) is 19.8 Å². The first-order valence-electron chi connectivity index (χ1n) is 9.11. The first-order chi connectivity index (χ1) is 12.0. The molecule has 1 aliphatic rings. The Morgan fingerprint density at radius 2 is 1.88 bits per heavy atom. The summed E-state index contributed by atoms with van der Waals surface area (Å²) in [5, 5.41) is 3.09. The van der Waals surface area contributed by atoms with E-state index >= 15 is 0 Å². The van der Waals surface area contributed by atoms with E-state index in [2.05, 4.69) is 47.8 Å². The number of benzene rings is 1. The molecule has 2 heterocycles. The minimum Gasteiger partial charge on any atom is -0.338 e. The van der Waals surface area contributed by atoms with Gasteiger partial charge < -0.3 is 14.8 Å². The monoisotopic (exact) mass is 340 g/mol. The number of hydrogen-bond donors (Lipinski definition) is 1. The summed E-state index contributed by atoms with van der Waals surface area (Å²) in [7, 11) is 0. The van der Waals surface area contributed by atoms with Crippen LogP contribution in [0.2, 0.25) is 0 Å². The number of aryl methyl sites for hydroxylation is 3. The quantitative estimate of drug-likeness (QED) is 0.927. The number of carbonyl (C=O) groups excluding carboxylic acids is 1. The molecule has 0 saturated carbocycles. The van der Waals surface area contributed by atoms with Crippen LogP contribution in [0, 0.1) is 20.8 Å².